The van der Waals surface area contributed by atoms with Gasteiger partial charge in [-0.25, -0.2) is 8.42 Å². The highest BCUT2D eigenvalue weighted by Gasteiger charge is 2.13. The average Bonchev–Trinajstić information content (AvgIpc) is 2.37. The van der Waals surface area contributed by atoms with Gasteiger partial charge in [-0.05, 0) is 30.3 Å². The summed E-state index contributed by atoms with van der Waals surface area (Å²) < 4.78 is 24.3. The summed E-state index contributed by atoms with van der Waals surface area (Å²) in [5, 5.41) is 0.967. The third-order valence-corrected chi connectivity index (χ3v) is 5.33. The number of fused-ring (bicyclic) bond motifs is 2. The van der Waals surface area contributed by atoms with Crippen LogP contribution in [0.5, 0.6) is 0 Å². The molecule has 0 bridgehead atoms. The summed E-state index contributed by atoms with van der Waals surface area (Å²) in [5.41, 5.74) is -0.175. The molecule has 0 amide bonds. The predicted octanol–water partition coefficient (Wildman–Crippen LogP) is 3.34. The van der Waals surface area contributed by atoms with Crippen molar-refractivity contribution in [2.45, 2.75) is 4.90 Å². The Kier molecular flexibility index (Phi) is 2.85. The first-order valence-electron chi connectivity index (χ1n) is 5.37. The van der Waals surface area contributed by atoms with Gasteiger partial charge in [0.2, 0.25) is 0 Å². The minimum absolute atomic E-state index is 0.0544. The summed E-state index contributed by atoms with van der Waals surface area (Å²) in [7, 11) is 1.48. The average molecular weight is 311 g/mol. The minimum Gasteiger partial charge on any atom is -0.289 e. The zero-order chi connectivity index (χ0) is 13.6. The first-order valence-corrected chi connectivity index (χ1v) is 8.50. The summed E-state index contributed by atoms with van der Waals surface area (Å²) >= 11 is 1.45. The molecule has 1 aromatic heterocycles. The van der Waals surface area contributed by atoms with E-state index < -0.39 is 9.05 Å². The Bertz CT molecular complexity index is 958. The lowest BCUT2D eigenvalue weighted by atomic mass is 10.2. The monoisotopic (exact) mass is 310 g/mol. The van der Waals surface area contributed by atoms with Crippen LogP contribution in [0.3, 0.4) is 0 Å². The Balaban J connectivity index is 2.50. The van der Waals surface area contributed by atoms with Gasteiger partial charge in [-0.2, -0.15) is 0 Å². The van der Waals surface area contributed by atoms with Gasteiger partial charge >= 0.3 is 0 Å². The van der Waals surface area contributed by atoms with Crippen molar-refractivity contribution in [3.63, 3.8) is 0 Å². The molecule has 1 heterocycles. The van der Waals surface area contributed by atoms with E-state index in [1.54, 1.807) is 18.2 Å². The molecule has 0 radical (unpaired) electrons. The topological polar surface area (TPSA) is 51.2 Å². The van der Waals surface area contributed by atoms with Crippen LogP contribution in [-0.4, -0.2) is 8.42 Å². The lowest BCUT2D eigenvalue weighted by Crippen LogP contribution is -2.02. The van der Waals surface area contributed by atoms with E-state index in [2.05, 4.69) is 0 Å². The van der Waals surface area contributed by atoms with Gasteiger partial charge in [-0.1, -0.05) is 12.1 Å². The van der Waals surface area contributed by atoms with Crippen LogP contribution in [-0.2, 0) is 9.05 Å². The third kappa shape index (κ3) is 2.14. The molecule has 0 atom stereocenters. The molecule has 0 spiro atoms. The van der Waals surface area contributed by atoms with E-state index in [0.717, 1.165) is 9.40 Å². The zero-order valence-electron chi connectivity index (χ0n) is 9.46. The van der Waals surface area contributed by atoms with E-state index >= 15 is 0 Å². The standard InChI is InChI=1S/C13H7ClO3S2/c14-19(16,17)8-5-6-12-10(7-8)13(15)9-3-1-2-4-11(9)18-12/h1-7H. The van der Waals surface area contributed by atoms with Gasteiger partial charge in [0.25, 0.3) is 9.05 Å². The van der Waals surface area contributed by atoms with Gasteiger partial charge in [0.05, 0.1) is 4.90 Å². The summed E-state index contributed by atoms with van der Waals surface area (Å²) in [6, 6.07) is 11.6. The summed E-state index contributed by atoms with van der Waals surface area (Å²) in [5.74, 6) is 0. The molecule has 0 aliphatic rings. The maximum absolute atomic E-state index is 12.3. The smallest absolute Gasteiger partial charge is 0.261 e. The van der Waals surface area contributed by atoms with Crippen molar-refractivity contribution in [2.24, 2.45) is 0 Å². The largest absolute Gasteiger partial charge is 0.289 e. The molecular weight excluding hydrogens is 304 g/mol. The normalized spacial score (nSPS) is 12.1. The number of hydrogen-bond acceptors (Lipinski definition) is 4. The first-order chi connectivity index (χ1) is 8.97. The van der Waals surface area contributed by atoms with Gasteiger partial charge in [0, 0.05) is 30.9 Å². The van der Waals surface area contributed by atoms with E-state index in [9.17, 15) is 13.2 Å². The van der Waals surface area contributed by atoms with Crippen LogP contribution >= 0.6 is 22.0 Å². The van der Waals surface area contributed by atoms with Crippen molar-refractivity contribution >= 4 is 51.2 Å². The second-order valence-corrected chi connectivity index (χ2v) is 7.67. The fraction of sp³-hybridized carbons (Fsp3) is 0. The van der Waals surface area contributed by atoms with Crippen LogP contribution in [0.2, 0.25) is 0 Å². The molecule has 0 saturated carbocycles. The molecule has 2 aromatic carbocycles. The van der Waals surface area contributed by atoms with Crippen molar-refractivity contribution in [1.29, 1.82) is 0 Å². The van der Waals surface area contributed by atoms with Gasteiger partial charge in [0.15, 0.2) is 5.43 Å². The molecule has 0 unspecified atom stereocenters. The van der Waals surface area contributed by atoms with Crippen molar-refractivity contribution in [1.82, 2.24) is 0 Å². The van der Waals surface area contributed by atoms with Crippen LogP contribution < -0.4 is 5.43 Å². The number of rotatable bonds is 1. The van der Waals surface area contributed by atoms with Gasteiger partial charge in [0.1, 0.15) is 0 Å². The molecular formula is C13H7ClO3S2. The van der Waals surface area contributed by atoms with Crippen LogP contribution in [0.4, 0.5) is 0 Å². The highest BCUT2D eigenvalue weighted by molar-refractivity contribution is 8.13. The van der Waals surface area contributed by atoms with E-state index in [-0.39, 0.29) is 10.3 Å². The van der Waals surface area contributed by atoms with Crippen molar-refractivity contribution in [3.8, 4) is 0 Å². The second kappa shape index (κ2) is 4.30. The van der Waals surface area contributed by atoms with Gasteiger partial charge in [-0.15, -0.1) is 11.3 Å². The number of hydrogen-bond donors (Lipinski definition) is 0. The van der Waals surface area contributed by atoms with Crippen LogP contribution in [0.1, 0.15) is 0 Å². The predicted molar refractivity (Wildman–Crippen MR) is 78.6 cm³/mol. The van der Waals surface area contributed by atoms with E-state index in [4.69, 9.17) is 10.7 Å². The molecule has 0 aliphatic heterocycles. The maximum Gasteiger partial charge on any atom is 0.261 e. The Morgan fingerprint density at radius 3 is 2.37 bits per heavy atom. The fourth-order valence-corrected chi connectivity index (χ4v) is 3.76. The van der Waals surface area contributed by atoms with Gasteiger partial charge in [-0.3, -0.25) is 4.79 Å². The van der Waals surface area contributed by atoms with Crippen molar-refractivity contribution in [3.05, 3.63) is 52.7 Å². The van der Waals surface area contributed by atoms with E-state index in [0.29, 0.717) is 10.8 Å². The summed E-state index contributed by atoms with van der Waals surface area (Å²) in [4.78, 5) is 12.3. The molecule has 0 aliphatic carbocycles. The lowest BCUT2D eigenvalue weighted by molar-refractivity contribution is 0.609. The Labute approximate surface area is 117 Å². The molecule has 19 heavy (non-hydrogen) atoms. The van der Waals surface area contributed by atoms with Crippen LogP contribution in [0.15, 0.2) is 52.2 Å². The molecule has 6 heteroatoms. The maximum atomic E-state index is 12.3. The van der Waals surface area contributed by atoms with Crippen LogP contribution in [0.25, 0.3) is 20.2 Å². The minimum atomic E-state index is -3.83. The SMILES string of the molecule is O=c1c2ccccc2sc2ccc(S(=O)(=O)Cl)cc12. The summed E-state index contributed by atoms with van der Waals surface area (Å²) in [6.07, 6.45) is 0. The molecule has 3 nitrogen and oxygen atoms in total. The lowest BCUT2D eigenvalue weighted by Gasteiger charge is -2.02. The Hall–Kier alpha value is -1.43. The molecule has 96 valence electrons. The highest BCUT2D eigenvalue weighted by Crippen LogP contribution is 2.27. The van der Waals surface area contributed by atoms with E-state index in [1.807, 2.05) is 12.1 Å². The summed E-state index contributed by atoms with van der Waals surface area (Å²) in [6.45, 7) is 0. The molecule has 0 saturated heterocycles. The molecule has 0 N–H and O–H groups in total. The fourth-order valence-electron chi connectivity index (χ4n) is 1.93. The second-order valence-electron chi connectivity index (χ2n) is 4.02. The first kappa shape index (κ1) is 12.6. The van der Waals surface area contributed by atoms with Crippen LogP contribution in [0, 0.1) is 0 Å². The molecule has 3 rings (SSSR count). The number of benzene rings is 2. The quantitative estimate of drug-likeness (QED) is 0.511. The zero-order valence-corrected chi connectivity index (χ0v) is 11.8. The molecule has 0 fully saturated rings. The molecule has 3 aromatic rings. The Morgan fingerprint density at radius 1 is 0.947 bits per heavy atom. The van der Waals surface area contributed by atoms with Crippen molar-refractivity contribution < 1.29 is 8.42 Å². The highest BCUT2D eigenvalue weighted by atomic mass is 35.7. The van der Waals surface area contributed by atoms with Gasteiger partial charge < -0.3 is 0 Å². The number of halogens is 1. The van der Waals surface area contributed by atoms with Crippen molar-refractivity contribution in [2.75, 3.05) is 0 Å². The third-order valence-electron chi connectivity index (χ3n) is 2.83. The van der Waals surface area contributed by atoms with E-state index in [1.165, 1.54) is 23.5 Å². The Morgan fingerprint density at radius 2 is 1.63 bits per heavy atom.